The van der Waals surface area contributed by atoms with Crippen molar-refractivity contribution in [1.29, 1.82) is 0 Å². The van der Waals surface area contributed by atoms with Gasteiger partial charge >= 0.3 is 5.97 Å². The van der Waals surface area contributed by atoms with E-state index in [4.69, 9.17) is 32.4 Å². The van der Waals surface area contributed by atoms with Crippen LogP contribution >= 0.6 is 34.5 Å². The van der Waals surface area contributed by atoms with Gasteiger partial charge in [-0.1, -0.05) is 64.4 Å². The number of carbonyl (C=O) groups excluding carboxylic acids is 1. The summed E-state index contributed by atoms with van der Waals surface area (Å²) < 4.78 is 10.9. The first-order valence-electron chi connectivity index (χ1n) is 9.21. The molecule has 0 unspecified atom stereocenters. The van der Waals surface area contributed by atoms with Crippen molar-refractivity contribution < 1.29 is 13.9 Å². The number of methoxy groups -OCH3 is 1. The fourth-order valence-corrected chi connectivity index (χ4v) is 4.34. The standard InChI is InChI=1S/C22H17Cl2N3O3S/c1-11-4-6-13(7-5-11)18-10-17(15-8-14(23)9-16(24)19(15)30-18)26-27-22-25-12(2)20(31-22)21(28)29-3/h4-10H,1-3H3,(H,25,27). The van der Waals surface area contributed by atoms with Crippen LogP contribution < -0.4 is 10.8 Å². The van der Waals surface area contributed by atoms with E-state index in [-0.39, 0.29) is 0 Å². The van der Waals surface area contributed by atoms with Crippen molar-refractivity contribution in [2.75, 3.05) is 12.5 Å². The summed E-state index contributed by atoms with van der Waals surface area (Å²) in [4.78, 5) is 16.6. The molecule has 0 radical (unpaired) electrons. The summed E-state index contributed by atoms with van der Waals surface area (Å²) in [5.74, 6) is 0.162. The van der Waals surface area contributed by atoms with Gasteiger partial charge in [-0.25, -0.2) is 9.78 Å². The molecule has 4 rings (SSSR count). The van der Waals surface area contributed by atoms with Crippen molar-refractivity contribution in [3.63, 3.8) is 0 Å². The molecule has 0 fully saturated rings. The van der Waals surface area contributed by atoms with Crippen LogP contribution in [0, 0.1) is 13.8 Å². The number of carbonyl (C=O) groups is 1. The fraction of sp³-hybridized carbons (Fsp3) is 0.136. The Morgan fingerprint density at radius 3 is 2.61 bits per heavy atom. The third kappa shape index (κ3) is 4.44. The van der Waals surface area contributed by atoms with Gasteiger partial charge in [0.05, 0.1) is 23.2 Å². The minimum absolute atomic E-state index is 0.381. The zero-order valence-corrected chi connectivity index (χ0v) is 19.2. The highest BCUT2D eigenvalue weighted by Gasteiger charge is 2.16. The fourth-order valence-electron chi connectivity index (χ4n) is 2.98. The summed E-state index contributed by atoms with van der Waals surface area (Å²) in [6.45, 7) is 3.75. The Hall–Kier alpha value is -2.87. The zero-order valence-electron chi connectivity index (χ0n) is 16.8. The van der Waals surface area contributed by atoms with Crippen LogP contribution in [-0.4, -0.2) is 18.1 Å². The Morgan fingerprint density at radius 1 is 1.16 bits per heavy atom. The van der Waals surface area contributed by atoms with Crippen molar-refractivity contribution in [3.05, 3.63) is 74.0 Å². The average molecular weight is 474 g/mol. The van der Waals surface area contributed by atoms with Gasteiger partial charge < -0.3 is 9.15 Å². The van der Waals surface area contributed by atoms with Crippen molar-refractivity contribution >= 4 is 56.6 Å². The van der Waals surface area contributed by atoms with Gasteiger partial charge in [-0.05, 0) is 26.0 Å². The zero-order chi connectivity index (χ0) is 22.1. The third-order valence-corrected chi connectivity index (χ3v) is 6.08. The van der Waals surface area contributed by atoms with Crippen molar-refractivity contribution in [3.8, 4) is 11.3 Å². The molecule has 0 aliphatic heterocycles. The van der Waals surface area contributed by atoms with Crippen LogP contribution in [0.3, 0.4) is 0 Å². The number of aromatic nitrogens is 1. The van der Waals surface area contributed by atoms with Crippen LogP contribution in [0.5, 0.6) is 0 Å². The highest BCUT2D eigenvalue weighted by atomic mass is 35.5. The molecule has 0 amide bonds. The van der Waals surface area contributed by atoms with Crippen LogP contribution in [0.25, 0.3) is 22.3 Å². The van der Waals surface area contributed by atoms with Crippen LogP contribution in [-0.2, 0) is 4.74 Å². The van der Waals surface area contributed by atoms with Crippen molar-refractivity contribution in [2.45, 2.75) is 13.8 Å². The Kier molecular flexibility index (Phi) is 6.00. The molecule has 2 aromatic heterocycles. The quantitative estimate of drug-likeness (QED) is 0.282. The molecule has 0 aliphatic rings. The summed E-state index contributed by atoms with van der Waals surface area (Å²) in [7, 11) is 1.33. The van der Waals surface area contributed by atoms with E-state index in [1.165, 1.54) is 7.11 Å². The minimum atomic E-state index is -0.438. The molecule has 0 saturated heterocycles. The SMILES string of the molecule is COC(=O)c1sc(NN=c2cc(-c3ccc(C)cc3)oc3c(Cl)cc(Cl)cc23)nc1C. The largest absolute Gasteiger partial charge is 0.465 e. The van der Waals surface area contributed by atoms with Gasteiger partial charge in [-0.15, -0.1) is 0 Å². The second-order valence-corrected chi connectivity index (χ2v) is 8.62. The normalized spacial score (nSPS) is 11.7. The highest BCUT2D eigenvalue weighted by molar-refractivity contribution is 7.17. The number of hydrogen-bond acceptors (Lipinski definition) is 7. The molecule has 0 spiro atoms. The van der Waals surface area contributed by atoms with Crippen LogP contribution in [0.2, 0.25) is 10.0 Å². The van der Waals surface area contributed by atoms with Gasteiger partial charge in [0.1, 0.15) is 10.6 Å². The Balaban J connectivity index is 1.85. The molecular weight excluding hydrogens is 457 g/mol. The molecule has 0 atom stereocenters. The number of nitrogens with zero attached hydrogens (tertiary/aromatic N) is 2. The molecule has 1 N–H and O–H groups in total. The van der Waals surface area contributed by atoms with Crippen LogP contribution in [0.4, 0.5) is 5.13 Å². The van der Waals surface area contributed by atoms with E-state index in [0.29, 0.717) is 47.8 Å². The predicted octanol–water partition coefficient (Wildman–Crippen LogP) is 6.19. The highest BCUT2D eigenvalue weighted by Crippen LogP contribution is 2.30. The molecule has 31 heavy (non-hydrogen) atoms. The maximum atomic E-state index is 11.8. The monoisotopic (exact) mass is 473 g/mol. The number of rotatable bonds is 4. The van der Waals surface area contributed by atoms with E-state index in [2.05, 4.69) is 15.5 Å². The Bertz CT molecular complexity index is 1360. The molecule has 2 aromatic carbocycles. The number of ether oxygens (including phenoxy) is 1. The summed E-state index contributed by atoms with van der Waals surface area (Å²) in [6.07, 6.45) is 0. The van der Waals surface area contributed by atoms with Crippen molar-refractivity contribution in [1.82, 2.24) is 4.98 Å². The maximum Gasteiger partial charge on any atom is 0.350 e. The lowest BCUT2D eigenvalue weighted by atomic mass is 10.1. The average Bonchev–Trinajstić information content (AvgIpc) is 3.12. The molecule has 4 aromatic rings. The number of nitrogens with one attached hydrogen (secondary N) is 1. The molecule has 158 valence electrons. The number of anilines is 1. The number of esters is 1. The van der Waals surface area contributed by atoms with Gasteiger partial charge in [0.15, 0.2) is 5.58 Å². The first kappa shape index (κ1) is 21.4. The molecular formula is C22H17Cl2N3O3S. The summed E-state index contributed by atoms with van der Waals surface area (Å²) >= 11 is 13.8. The third-order valence-electron chi connectivity index (χ3n) is 4.54. The van der Waals surface area contributed by atoms with Gasteiger partial charge in [-0.2, -0.15) is 5.10 Å². The topological polar surface area (TPSA) is 76.7 Å². The van der Waals surface area contributed by atoms with E-state index in [0.717, 1.165) is 22.5 Å². The van der Waals surface area contributed by atoms with Gasteiger partial charge in [-0.3, -0.25) is 5.43 Å². The lowest BCUT2D eigenvalue weighted by Gasteiger charge is -2.07. The van der Waals surface area contributed by atoms with Gasteiger partial charge in [0, 0.05) is 22.0 Å². The summed E-state index contributed by atoms with van der Waals surface area (Å²) in [6, 6.07) is 13.1. The molecule has 9 heteroatoms. The van der Waals surface area contributed by atoms with E-state index in [9.17, 15) is 4.79 Å². The summed E-state index contributed by atoms with van der Waals surface area (Å²) in [5, 5.41) is 7.00. The lowest BCUT2D eigenvalue weighted by Crippen LogP contribution is -2.07. The van der Waals surface area contributed by atoms with Crippen LogP contribution in [0.1, 0.15) is 20.9 Å². The maximum absolute atomic E-state index is 11.8. The smallest absolute Gasteiger partial charge is 0.350 e. The van der Waals surface area contributed by atoms with Crippen molar-refractivity contribution in [2.24, 2.45) is 5.10 Å². The molecule has 0 bridgehead atoms. The molecule has 0 saturated carbocycles. The predicted molar refractivity (Wildman–Crippen MR) is 124 cm³/mol. The summed E-state index contributed by atoms with van der Waals surface area (Å²) in [5.41, 5.74) is 5.97. The second kappa shape index (κ2) is 8.70. The van der Waals surface area contributed by atoms with E-state index < -0.39 is 5.97 Å². The first-order valence-corrected chi connectivity index (χ1v) is 10.8. The van der Waals surface area contributed by atoms with Gasteiger partial charge in [0.2, 0.25) is 5.13 Å². The molecule has 2 heterocycles. The number of thiazole rings is 1. The van der Waals surface area contributed by atoms with Crippen LogP contribution in [0.15, 0.2) is 52.0 Å². The Labute approximate surface area is 192 Å². The number of hydrogen-bond donors (Lipinski definition) is 1. The Morgan fingerprint density at radius 2 is 1.90 bits per heavy atom. The number of halogens is 2. The first-order chi connectivity index (χ1) is 14.9. The second-order valence-electron chi connectivity index (χ2n) is 6.77. The lowest BCUT2D eigenvalue weighted by molar-refractivity contribution is 0.0605. The number of benzene rings is 2. The van der Waals surface area contributed by atoms with E-state index in [1.807, 2.05) is 31.2 Å². The molecule has 6 nitrogen and oxygen atoms in total. The minimum Gasteiger partial charge on any atom is -0.465 e. The number of fused-ring (bicyclic) bond motifs is 1. The number of aryl methyl sites for hydroxylation is 2. The van der Waals surface area contributed by atoms with Gasteiger partial charge in [0.25, 0.3) is 0 Å². The van der Waals surface area contributed by atoms with E-state index in [1.54, 1.807) is 25.1 Å². The van der Waals surface area contributed by atoms with E-state index >= 15 is 0 Å². The molecule has 0 aliphatic carbocycles.